The van der Waals surface area contributed by atoms with Crippen LogP contribution in [0.1, 0.15) is 18.0 Å². The van der Waals surface area contributed by atoms with Gasteiger partial charge in [-0.1, -0.05) is 17.7 Å². The Hall–Kier alpha value is -1.13. The standard InChI is InChI=1S/C11H13ClFNO2/c1-14-10(6-11(15)16-2)7-3-4-9(13)8(12)5-7/h3-5,10,14H,6H2,1-2H3. The monoisotopic (exact) mass is 245 g/mol. The van der Waals surface area contributed by atoms with Gasteiger partial charge in [-0.3, -0.25) is 4.79 Å². The molecule has 0 bridgehead atoms. The minimum Gasteiger partial charge on any atom is -0.469 e. The van der Waals surface area contributed by atoms with Gasteiger partial charge in [0, 0.05) is 6.04 Å². The van der Waals surface area contributed by atoms with Crippen molar-refractivity contribution in [3.8, 4) is 0 Å². The van der Waals surface area contributed by atoms with Crippen molar-refractivity contribution in [2.75, 3.05) is 14.2 Å². The summed E-state index contributed by atoms with van der Waals surface area (Å²) in [6.07, 6.45) is 0.176. The van der Waals surface area contributed by atoms with Crippen LogP contribution in [-0.4, -0.2) is 20.1 Å². The molecule has 0 heterocycles. The van der Waals surface area contributed by atoms with Crippen LogP contribution in [0.15, 0.2) is 18.2 Å². The molecule has 5 heteroatoms. The van der Waals surface area contributed by atoms with E-state index in [1.807, 2.05) is 0 Å². The van der Waals surface area contributed by atoms with Crippen LogP contribution in [0.3, 0.4) is 0 Å². The Bertz CT molecular complexity index is 384. The highest BCUT2D eigenvalue weighted by Crippen LogP contribution is 2.22. The molecule has 0 radical (unpaired) electrons. The Labute approximate surface area is 98.5 Å². The van der Waals surface area contributed by atoms with Gasteiger partial charge in [0.15, 0.2) is 0 Å². The maximum Gasteiger partial charge on any atom is 0.307 e. The van der Waals surface area contributed by atoms with Gasteiger partial charge in [0.25, 0.3) is 0 Å². The minimum absolute atomic E-state index is 0.0441. The molecule has 1 N–H and O–H groups in total. The van der Waals surface area contributed by atoms with Crippen LogP contribution in [0.25, 0.3) is 0 Å². The number of methoxy groups -OCH3 is 1. The van der Waals surface area contributed by atoms with Crippen LogP contribution >= 0.6 is 11.6 Å². The van der Waals surface area contributed by atoms with Crippen molar-refractivity contribution in [2.24, 2.45) is 0 Å². The zero-order valence-electron chi connectivity index (χ0n) is 9.09. The van der Waals surface area contributed by atoms with Crippen molar-refractivity contribution in [3.63, 3.8) is 0 Å². The molecule has 0 saturated carbocycles. The lowest BCUT2D eigenvalue weighted by Gasteiger charge is -2.15. The van der Waals surface area contributed by atoms with Crippen molar-refractivity contribution in [1.82, 2.24) is 5.32 Å². The van der Waals surface area contributed by atoms with Gasteiger partial charge in [-0.25, -0.2) is 4.39 Å². The number of benzene rings is 1. The molecule has 0 aliphatic heterocycles. The van der Waals surface area contributed by atoms with Crippen molar-refractivity contribution < 1.29 is 13.9 Å². The number of halogens is 2. The molecule has 16 heavy (non-hydrogen) atoms. The fraction of sp³-hybridized carbons (Fsp3) is 0.364. The molecule has 0 fully saturated rings. The molecule has 0 aliphatic rings. The smallest absolute Gasteiger partial charge is 0.307 e. The lowest BCUT2D eigenvalue weighted by atomic mass is 10.0. The topological polar surface area (TPSA) is 38.3 Å². The van der Waals surface area contributed by atoms with Gasteiger partial charge < -0.3 is 10.1 Å². The van der Waals surface area contributed by atoms with Gasteiger partial charge in [-0.2, -0.15) is 0 Å². The summed E-state index contributed by atoms with van der Waals surface area (Å²) >= 11 is 5.67. The van der Waals surface area contributed by atoms with E-state index in [2.05, 4.69) is 10.1 Å². The summed E-state index contributed by atoms with van der Waals surface area (Å²) in [6.45, 7) is 0. The quantitative estimate of drug-likeness (QED) is 0.828. The molecule has 3 nitrogen and oxygen atoms in total. The first kappa shape index (κ1) is 12.9. The third-order valence-electron chi connectivity index (χ3n) is 2.29. The van der Waals surface area contributed by atoms with Crippen molar-refractivity contribution in [3.05, 3.63) is 34.6 Å². The number of ether oxygens (including phenoxy) is 1. The molecule has 0 aliphatic carbocycles. The van der Waals surface area contributed by atoms with Gasteiger partial charge >= 0.3 is 5.97 Å². The maximum atomic E-state index is 13.0. The molecule has 1 rings (SSSR count). The minimum atomic E-state index is -0.474. The number of hydrogen-bond donors (Lipinski definition) is 1. The summed E-state index contributed by atoms with van der Waals surface area (Å²) in [5, 5.41) is 2.99. The van der Waals surface area contributed by atoms with E-state index in [1.165, 1.54) is 19.2 Å². The van der Waals surface area contributed by atoms with E-state index >= 15 is 0 Å². The highest BCUT2D eigenvalue weighted by atomic mass is 35.5. The average Bonchev–Trinajstić information content (AvgIpc) is 2.29. The molecule has 1 aromatic carbocycles. The van der Waals surface area contributed by atoms with E-state index in [1.54, 1.807) is 13.1 Å². The second-order valence-corrected chi connectivity index (χ2v) is 3.70. The van der Waals surface area contributed by atoms with E-state index < -0.39 is 5.82 Å². The molecular formula is C11H13ClFNO2. The molecule has 1 atom stereocenters. The van der Waals surface area contributed by atoms with Gasteiger partial charge in [0.05, 0.1) is 18.6 Å². The van der Waals surface area contributed by atoms with Gasteiger partial charge in [-0.05, 0) is 24.7 Å². The van der Waals surface area contributed by atoms with Crippen molar-refractivity contribution in [1.29, 1.82) is 0 Å². The first-order chi connectivity index (χ1) is 7.58. The normalized spacial score (nSPS) is 12.2. The molecule has 1 unspecified atom stereocenters. The predicted molar refractivity (Wildman–Crippen MR) is 59.8 cm³/mol. The summed E-state index contributed by atoms with van der Waals surface area (Å²) in [5.41, 5.74) is 0.749. The van der Waals surface area contributed by atoms with Crippen molar-refractivity contribution >= 4 is 17.6 Å². The van der Waals surface area contributed by atoms with Crippen LogP contribution in [-0.2, 0) is 9.53 Å². The molecule has 0 aromatic heterocycles. The summed E-state index contributed by atoms with van der Waals surface area (Å²) < 4.78 is 17.5. The second kappa shape index (κ2) is 5.82. The third kappa shape index (κ3) is 3.18. The summed E-state index contributed by atoms with van der Waals surface area (Å²) in [6, 6.07) is 4.14. The summed E-state index contributed by atoms with van der Waals surface area (Å²) in [5.74, 6) is -0.807. The largest absolute Gasteiger partial charge is 0.469 e. The third-order valence-corrected chi connectivity index (χ3v) is 2.58. The summed E-state index contributed by atoms with van der Waals surface area (Å²) in [7, 11) is 3.04. The van der Waals surface area contributed by atoms with Gasteiger partial charge in [-0.15, -0.1) is 0 Å². The average molecular weight is 246 g/mol. The van der Waals surface area contributed by atoms with E-state index in [0.717, 1.165) is 5.56 Å². The number of rotatable bonds is 4. The zero-order chi connectivity index (χ0) is 12.1. The predicted octanol–water partition coefficient (Wildman–Crippen LogP) is 2.30. The number of hydrogen-bond acceptors (Lipinski definition) is 3. The SMILES string of the molecule is CNC(CC(=O)OC)c1ccc(F)c(Cl)c1. The zero-order valence-corrected chi connectivity index (χ0v) is 9.84. The Morgan fingerprint density at radius 3 is 2.81 bits per heavy atom. The van der Waals surface area contributed by atoms with Crippen LogP contribution in [0.5, 0.6) is 0 Å². The van der Waals surface area contributed by atoms with Gasteiger partial charge in [0.1, 0.15) is 5.82 Å². The molecule has 0 amide bonds. The second-order valence-electron chi connectivity index (χ2n) is 3.30. The van der Waals surface area contributed by atoms with Gasteiger partial charge in [0.2, 0.25) is 0 Å². The Morgan fingerprint density at radius 2 is 2.31 bits per heavy atom. The molecular weight excluding hydrogens is 233 g/mol. The number of nitrogens with one attached hydrogen (secondary N) is 1. The molecule has 0 saturated heterocycles. The summed E-state index contributed by atoms with van der Waals surface area (Å²) in [4.78, 5) is 11.1. The van der Waals surface area contributed by atoms with E-state index in [0.29, 0.717) is 0 Å². The Morgan fingerprint density at radius 1 is 1.62 bits per heavy atom. The first-order valence-electron chi connectivity index (χ1n) is 4.77. The fourth-order valence-corrected chi connectivity index (χ4v) is 1.55. The first-order valence-corrected chi connectivity index (χ1v) is 5.15. The molecule has 88 valence electrons. The van der Waals surface area contributed by atoms with Crippen LogP contribution < -0.4 is 5.32 Å². The van der Waals surface area contributed by atoms with E-state index in [9.17, 15) is 9.18 Å². The fourth-order valence-electron chi connectivity index (χ4n) is 1.37. The Kier molecular flexibility index (Phi) is 4.71. The highest BCUT2D eigenvalue weighted by molar-refractivity contribution is 6.30. The van der Waals surface area contributed by atoms with Crippen LogP contribution in [0.4, 0.5) is 4.39 Å². The molecule has 1 aromatic rings. The lowest BCUT2D eigenvalue weighted by molar-refractivity contribution is -0.141. The van der Waals surface area contributed by atoms with Crippen LogP contribution in [0, 0.1) is 5.82 Å². The number of carbonyl (C=O) groups is 1. The van der Waals surface area contributed by atoms with E-state index in [-0.39, 0.29) is 23.5 Å². The van der Waals surface area contributed by atoms with E-state index in [4.69, 9.17) is 11.6 Å². The Balaban J connectivity index is 2.86. The lowest BCUT2D eigenvalue weighted by Crippen LogP contribution is -2.20. The maximum absolute atomic E-state index is 13.0. The molecule has 0 spiro atoms. The van der Waals surface area contributed by atoms with Crippen molar-refractivity contribution in [2.45, 2.75) is 12.5 Å². The number of esters is 1. The number of carbonyl (C=O) groups excluding carboxylic acids is 1. The van der Waals surface area contributed by atoms with Crippen LogP contribution in [0.2, 0.25) is 5.02 Å². The highest BCUT2D eigenvalue weighted by Gasteiger charge is 2.15.